The standard InChI is InChI=1S/C36H49N7O3/c1-24-7-9-25(10-8-24)18-27-20-32(34(44)38-21-26-11-14-31-28(19-26)22-39-41(31)4)43(23-27)36(46)33-30(6-5-15-37-33)35(45)42(29-12-13-29)17-16-40(2)3/h7-11,14,19,22,27,29-30,32-33,37H,5-6,12-13,15-18,20-21,23H2,1-4H3,(H,38,44)/t27-,30+,32+,33-/m1/s1. The van der Waals surface area contributed by atoms with Gasteiger partial charge in [-0.25, -0.2) is 0 Å². The van der Waals surface area contributed by atoms with Crippen LogP contribution >= 0.6 is 0 Å². The fraction of sp³-hybridized carbons (Fsp3) is 0.556. The van der Waals surface area contributed by atoms with Crippen molar-refractivity contribution < 1.29 is 14.4 Å². The van der Waals surface area contributed by atoms with Gasteiger partial charge >= 0.3 is 0 Å². The number of hydrogen-bond donors (Lipinski definition) is 2. The predicted molar refractivity (Wildman–Crippen MR) is 179 cm³/mol. The summed E-state index contributed by atoms with van der Waals surface area (Å²) in [6, 6.07) is 13.6. The van der Waals surface area contributed by atoms with Gasteiger partial charge < -0.3 is 25.3 Å². The number of aryl methyl sites for hydroxylation is 2. The topological polar surface area (TPSA) is 103 Å². The highest BCUT2D eigenvalue weighted by atomic mass is 16.2. The van der Waals surface area contributed by atoms with Crippen LogP contribution in [0.2, 0.25) is 0 Å². The van der Waals surface area contributed by atoms with Gasteiger partial charge in [0.15, 0.2) is 0 Å². The lowest BCUT2D eigenvalue weighted by Crippen LogP contribution is -2.59. The maximum atomic E-state index is 14.5. The number of hydrogen-bond acceptors (Lipinski definition) is 6. The van der Waals surface area contributed by atoms with E-state index in [1.165, 1.54) is 11.1 Å². The number of likely N-dealkylation sites (N-methyl/N-ethyl adjacent to an activating group) is 1. The van der Waals surface area contributed by atoms with Crippen molar-refractivity contribution in [1.82, 2.24) is 35.1 Å². The Hall–Kier alpha value is -3.76. The lowest BCUT2D eigenvalue weighted by molar-refractivity contribution is -0.147. The fourth-order valence-corrected chi connectivity index (χ4v) is 7.22. The van der Waals surface area contributed by atoms with Gasteiger partial charge in [-0.1, -0.05) is 35.9 Å². The Labute approximate surface area is 272 Å². The molecule has 3 aliphatic rings. The highest BCUT2D eigenvalue weighted by Crippen LogP contribution is 2.33. The molecule has 2 aliphatic heterocycles. The van der Waals surface area contributed by atoms with Crippen molar-refractivity contribution in [2.24, 2.45) is 18.9 Å². The van der Waals surface area contributed by atoms with Crippen LogP contribution in [0, 0.1) is 18.8 Å². The van der Waals surface area contributed by atoms with Gasteiger partial charge in [0.2, 0.25) is 17.7 Å². The van der Waals surface area contributed by atoms with Crippen molar-refractivity contribution in [3.63, 3.8) is 0 Å². The molecule has 10 heteroatoms. The first-order valence-electron chi connectivity index (χ1n) is 16.9. The van der Waals surface area contributed by atoms with Crippen LogP contribution in [0.5, 0.6) is 0 Å². The molecule has 3 heterocycles. The van der Waals surface area contributed by atoms with Crippen molar-refractivity contribution in [2.75, 3.05) is 40.3 Å². The van der Waals surface area contributed by atoms with Crippen LogP contribution in [-0.4, -0.2) is 101 Å². The van der Waals surface area contributed by atoms with Gasteiger partial charge in [-0.15, -0.1) is 0 Å². The third-order valence-electron chi connectivity index (χ3n) is 10.00. The van der Waals surface area contributed by atoms with Gasteiger partial charge in [-0.3, -0.25) is 19.1 Å². The molecule has 0 bridgehead atoms. The number of nitrogens with one attached hydrogen (secondary N) is 2. The molecule has 1 saturated carbocycles. The molecule has 2 aromatic carbocycles. The quantitative estimate of drug-likeness (QED) is 0.339. The largest absolute Gasteiger partial charge is 0.350 e. The van der Waals surface area contributed by atoms with Gasteiger partial charge in [-0.2, -0.15) is 5.10 Å². The number of carbonyl (C=O) groups is 3. The van der Waals surface area contributed by atoms with Crippen molar-refractivity contribution in [3.8, 4) is 0 Å². The van der Waals surface area contributed by atoms with E-state index in [9.17, 15) is 14.4 Å². The highest BCUT2D eigenvalue weighted by Gasteiger charge is 2.47. The maximum absolute atomic E-state index is 14.5. The van der Waals surface area contributed by atoms with E-state index in [4.69, 9.17) is 0 Å². The Kier molecular flexibility index (Phi) is 9.75. The minimum Gasteiger partial charge on any atom is -0.350 e. The molecule has 3 fully saturated rings. The van der Waals surface area contributed by atoms with E-state index in [0.29, 0.717) is 39.0 Å². The lowest BCUT2D eigenvalue weighted by Gasteiger charge is -2.38. The Morgan fingerprint density at radius 3 is 2.52 bits per heavy atom. The van der Waals surface area contributed by atoms with Crippen molar-refractivity contribution in [1.29, 1.82) is 0 Å². The molecule has 4 atom stereocenters. The lowest BCUT2D eigenvalue weighted by atomic mass is 9.88. The first-order chi connectivity index (χ1) is 22.2. The molecule has 2 N–H and O–H groups in total. The summed E-state index contributed by atoms with van der Waals surface area (Å²) in [4.78, 5) is 48.3. The Bertz CT molecular complexity index is 1550. The van der Waals surface area contributed by atoms with Crippen molar-refractivity contribution in [2.45, 2.75) is 70.1 Å². The van der Waals surface area contributed by atoms with Gasteiger partial charge in [0.1, 0.15) is 6.04 Å². The molecule has 0 spiro atoms. The van der Waals surface area contributed by atoms with E-state index in [0.717, 1.165) is 48.7 Å². The third kappa shape index (κ3) is 7.28. The maximum Gasteiger partial charge on any atom is 0.243 e. The first-order valence-corrected chi connectivity index (χ1v) is 16.9. The molecule has 246 valence electrons. The number of fused-ring (bicyclic) bond motifs is 1. The molecule has 46 heavy (non-hydrogen) atoms. The van der Waals surface area contributed by atoms with Crippen LogP contribution in [0.1, 0.15) is 48.8 Å². The summed E-state index contributed by atoms with van der Waals surface area (Å²) in [6.45, 7) is 5.10. The molecule has 2 saturated heterocycles. The number of aromatic nitrogens is 2. The molecule has 6 rings (SSSR count). The number of piperidine rings is 1. The summed E-state index contributed by atoms with van der Waals surface area (Å²) in [5.74, 6) is -0.456. The minimum atomic E-state index is -0.622. The van der Waals surface area contributed by atoms with Crippen molar-refractivity contribution in [3.05, 3.63) is 65.4 Å². The average Bonchev–Trinajstić information content (AvgIpc) is 3.70. The number of nitrogens with zero attached hydrogens (tertiary/aromatic N) is 5. The van der Waals surface area contributed by atoms with E-state index in [1.54, 1.807) is 4.90 Å². The SMILES string of the molecule is Cc1ccc(C[C@@H]2C[C@@H](C(=O)NCc3ccc4c(cnn4C)c3)N(C(=O)[C@@H]3NCCC[C@@H]3C(=O)N(CCN(C)C)C3CC3)C2)cc1. The van der Waals surface area contributed by atoms with Gasteiger partial charge in [0.05, 0.1) is 23.7 Å². The molecule has 10 nitrogen and oxygen atoms in total. The number of rotatable bonds is 11. The Morgan fingerprint density at radius 1 is 1.02 bits per heavy atom. The summed E-state index contributed by atoms with van der Waals surface area (Å²) < 4.78 is 1.83. The molecule has 3 amide bonds. The number of amides is 3. The van der Waals surface area contributed by atoms with Crippen LogP contribution < -0.4 is 10.6 Å². The molecular weight excluding hydrogens is 578 g/mol. The molecule has 1 aliphatic carbocycles. The monoisotopic (exact) mass is 627 g/mol. The summed E-state index contributed by atoms with van der Waals surface area (Å²) in [5, 5.41) is 11.9. The van der Waals surface area contributed by atoms with Gasteiger partial charge in [-0.05, 0) is 95.3 Å². The third-order valence-corrected chi connectivity index (χ3v) is 10.00. The van der Waals surface area contributed by atoms with E-state index in [1.807, 2.05) is 55.1 Å². The summed E-state index contributed by atoms with van der Waals surface area (Å²) >= 11 is 0. The zero-order valence-corrected chi connectivity index (χ0v) is 27.7. The highest BCUT2D eigenvalue weighted by molar-refractivity contribution is 5.94. The number of carbonyl (C=O) groups excluding carboxylic acids is 3. The predicted octanol–water partition coefficient (Wildman–Crippen LogP) is 2.88. The second-order valence-corrected chi connectivity index (χ2v) is 13.9. The number of benzene rings is 2. The van der Waals surface area contributed by atoms with E-state index >= 15 is 0 Å². The average molecular weight is 628 g/mol. The molecule has 3 aromatic rings. The molecule has 0 radical (unpaired) electrons. The second kappa shape index (κ2) is 13.9. The fourth-order valence-electron chi connectivity index (χ4n) is 7.22. The Balaban J connectivity index is 1.20. The smallest absolute Gasteiger partial charge is 0.243 e. The van der Waals surface area contributed by atoms with Crippen LogP contribution in [-0.2, 0) is 34.4 Å². The molecule has 0 unspecified atom stereocenters. The summed E-state index contributed by atoms with van der Waals surface area (Å²) in [5.41, 5.74) is 4.43. The number of likely N-dealkylation sites (tertiary alicyclic amines) is 1. The first kappa shape index (κ1) is 32.2. The van der Waals surface area contributed by atoms with Crippen LogP contribution in [0.25, 0.3) is 10.9 Å². The van der Waals surface area contributed by atoms with Crippen LogP contribution in [0.4, 0.5) is 0 Å². The minimum absolute atomic E-state index is 0.0806. The Morgan fingerprint density at radius 2 is 1.78 bits per heavy atom. The zero-order chi connectivity index (χ0) is 32.4. The normalized spacial score (nSPS) is 23.2. The second-order valence-electron chi connectivity index (χ2n) is 13.9. The van der Waals surface area contributed by atoms with E-state index in [-0.39, 0.29) is 29.7 Å². The zero-order valence-electron chi connectivity index (χ0n) is 27.7. The van der Waals surface area contributed by atoms with Crippen LogP contribution in [0.3, 0.4) is 0 Å². The van der Waals surface area contributed by atoms with Crippen LogP contribution in [0.15, 0.2) is 48.7 Å². The molecular formula is C36H49N7O3. The summed E-state index contributed by atoms with van der Waals surface area (Å²) in [7, 11) is 5.95. The van der Waals surface area contributed by atoms with Gasteiger partial charge in [0, 0.05) is 44.7 Å². The van der Waals surface area contributed by atoms with Crippen molar-refractivity contribution >= 4 is 28.6 Å². The van der Waals surface area contributed by atoms with Gasteiger partial charge in [0.25, 0.3) is 0 Å². The molecule has 1 aromatic heterocycles. The van der Waals surface area contributed by atoms with E-state index < -0.39 is 18.0 Å². The summed E-state index contributed by atoms with van der Waals surface area (Å²) in [6.07, 6.45) is 6.81. The van der Waals surface area contributed by atoms with E-state index in [2.05, 4.69) is 51.8 Å².